The van der Waals surface area contributed by atoms with Crippen LogP contribution in [0.4, 0.5) is 0 Å². The van der Waals surface area contributed by atoms with E-state index in [1.54, 1.807) is 4.68 Å². The number of nitrogens with one attached hydrogen (secondary N) is 1. The monoisotopic (exact) mass is 328 g/mol. The Morgan fingerprint density at radius 3 is 2.58 bits per heavy atom. The van der Waals surface area contributed by atoms with Gasteiger partial charge in [0.05, 0.1) is 5.69 Å². The molecule has 2 aromatic rings. The molecule has 0 fully saturated rings. The molecule has 5 heteroatoms. The number of aromatic nitrogens is 2. The fourth-order valence-electron chi connectivity index (χ4n) is 2.51. The molecule has 0 radical (unpaired) electrons. The van der Waals surface area contributed by atoms with Gasteiger partial charge in [0.2, 0.25) is 0 Å². The van der Waals surface area contributed by atoms with E-state index in [-0.39, 0.29) is 5.91 Å². The minimum Gasteiger partial charge on any atom is -0.349 e. The molecule has 24 heavy (non-hydrogen) atoms. The zero-order valence-corrected chi connectivity index (χ0v) is 15.1. The van der Waals surface area contributed by atoms with Crippen molar-refractivity contribution in [2.45, 2.75) is 26.2 Å². The Labute approximate surface area is 144 Å². The molecular weight excluding hydrogens is 300 g/mol. The Bertz CT molecular complexity index is 649. The Morgan fingerprint density at radius 1 is 1.25 bits per heavy atom. The molecule has 2 rings (SSSR count). The lowest BCUT2D eigenvalue weighted by Gasteiger charge is -2.16. The van der Waals surface area contributed by atoms with E-state index in [1.165, 1.54) is 5.56 Å². The van der Waals surface area contributed by atoms with Crippen molar-refractivity contribution in [2.24, 2.45) is 7.05 Å². The molecule has 0 saturated heterocycles. The molecule has 1 heterocycles. The Balaban J connectivity index is 1.74. The number of carbonyl (C=O) groups excluding carboxylic acids is 1. The molecule has 1 aromatic carbocycles. The van der Waals surface area contributed by atoms with Crippen LogP contribution in [-0.4, -0.2) is 47.3 Å². The van der Waals surface area contributed by atoms with Crippen molar-refractivity contribution < 1.29 is 4.79 Å². The Morgan fingerprint density at radius 2 is 1.96 bits per heavy atom. The molecule has 130 valence electrons. The molecule has 0 spiro atoms. The number of rotatable bonds is 8. The van der Waals surface area contributed by atoms with Crippen LogP contribution in [0.1, 0.15) is 41.5 Å². The predicted octanol–water partition coefficient (Wildman–Crippen LogP) is 2.45. The summed E-state index contributed by atoms with van der Waals surface area (Å²) in [6.45, 7) is 6.58. The van der Waals surface area contributed by atoms with Crippen molar-refractivity contribution in [2.75, 3.05) is 26.7 Å². The van der Waals surface area contributed by atoms with Gasteiger partial charge in [0.1, 0.15) is 5.69 Å². The molecule has 0 aliphatic carbocycles. The number of nitrogens with zero attached hydrogens (tertiary/aromatic N) is 3. The number of benzene rings is 1. The van der Waals surface area contributed by atoms with Crippen molar-refractivity contribution in [3.05, 3.63) is 53.3 Å². The second kappa shape index (κ2) is 8.64. The first kappa shape index (κ1) is 18.2. The summed E-state index contributed by atoms with van der Waals surface area (Å²) in [5.74, 6) is 0.259. The Kier molecular flexibility index (Phi) is 6.55. The molecule has 5 nitrogen and oxygen atoms in total. The van der Waals surface area contributed by atoms with Gasteiger partial charge in [-0.05, 0) is 31.0 Å². The van der Waals surface area contributed by atoms with E-state index < -0.39 is 0 Å². The van der Waals surface area contributed by atoms with Gasteiger partial charge in [-0.3, -0.25) is 9.48 Å². The highest BCUT2D eigenvalue weighted by atomic mass is 16.2. The lowest BCUT2D eigenvalue weighted by Crippen LogP contribution is -2.34. The van der Waals surface area contributed by atoms with Gasteiger partial charge in [0.15, 0.2) is 0 Å². The maximum atomic E-state index is 12.3. The largest absolute Gasteiger partial charge is 0.349 e. The van der Waals surface area contributed by atoms with E-state index in [0.717, 1.165) is 25.2 Å². The van der Waals surface area contributed by atoms with Gasteiger partial charge in [-0.1, -0.05) is 44.2 Å². The van der Waals surface area contributed by atoms with E-state index in [2.05, 4.69) is 60.5 Å². The third-order valence-electron chi connectivity index (χ3n) is 4.13. The van der Waals surface area contributed by atoms with E-state index >= 15 is 0 Å². The molecule has 0 bridgehead atoms. The maximum Gasteiger partial charge on any atom is 0.269 e. The smallest absolute Gasteiger partial charge is 0.269 e. The fourth-order valence-corrected chi connectivity index (χ4v) is 2.51. The first-order chi connectivity index (χ1) is 11.5. The summed E-state index contributed by atoms with van der Waals surface area (Å²) in [6, 6.07) is 12.3. The minimum absolute atomic E-state index is 0.0617. The standard InChI is InChI=1S/C19H28N4O/c1-15(2)17-14-18(23(4)21-17)19(24)20-11-13-22(3)12-10-16-8-6-5-7-9-16/h5-9,14-15H,10-13H2,1-4H3,(H,20,24). The van der Waals surface area contributed by atoms with Crippen LogP contribution in [-0.2, 0) is 13.5 Å². The van der Waals surface area contributed by atoms with Gasteiger partial charge in [0.25, 0.3) is 5.91 Å². The topological polar surface area (TPSA) is 50.2 Å². The van der Waals surface area contributed by atoms with Crippen LogP contribution in [0.2, 0.25) is 0 Å². The number of aryl methyl sites for hydroxylation is 1. The van der Waals surface area contributed by atoms with Gasteiger partial charge in [-0.25, -0.2) is 0 Å². The number of hydrogen-bond acceptors (Lipinski definition) is 3. The molecule has 0 aliphatic heterocycles. The van der Waals surface area contributed by atoms with Crippen LogP contribution in [0.3, 0.4) is 0 Å². The second-order valence-corrected chi connectivity index (χ2v) is 6.53. The zero-order valence-electron chi connectivity index (χ0n) is 15.1. The quantitative estimate of drug-likeness (QED) is 0.810. The molecule has 0 aliphatic rings. The summed E-state index contributed by atoms with van der Waals surface area (Å²) in [4.78, 5) is 14.5. The average Bonchev–Trinajstić information content (AvgIpc) is 2.96. The van der Waals surface area contributed by atoms with Gasteiger partial charge in [-0.2, -0.15) is 5.10 Å². The maximum absolute atomic E-state index is 12.3. The van der Waals surface area contributed by atoms with Gasteiger partial charge >= 0.3 is 0 Å². The van der Waals surface area contributed by atoms with Crippen molar-refractivity contribution in [1.82, 2.24) is 20.0 Å². The van der Waals surface area contributed by atoms with Gasteiger partial charge in [-0.15, -0.1) is 0 Å². The van der Waals surface area contributed by atoms with E-state index in [0.29, 0.717) is 18.2 Å². The molecule has 1 aromatic heterocycles. The predicted molar refractivity (Wildman–Crippen MR) is 97.3 cm³/mol. The second-order valence-electron chi connectivity index (χ2n) is 6.53. The van der Waals surface area contributed by atoms with Crippen molar-refractivity contribution in [1.29, 1.82) is 0 Å². The minimum atomic E-state index is -0.0617. The third-order valence-corrected chi connectivity index (χ3v) is 4.13. The summed E-state index contributed by atoms with van der Waals surface area (Å²) in [6.07, 6.45) is 1.02. The van der Waals surface area contributed by atoms with E-state index in [4.69, 9.17) is 0 Å². The van der Waals surface area contributed by atoms with Crippen LogP contribution >= 0.6 is 0 Å². The number of carbonyl (C=O) groups is 1. The molecule has 0 saturated carbocycles. The molecule has 0 unspecified atom stereocenters. The Hall–Kier alpha value is -2.14. The summed E-state index contributed by atoms with van der Waals surface area (Å²) >= 11 is 0. The lowest BCUT2D eigenvalue weighted by atomic mass is 10.1. The normalized spacial score (nSPS) is 11.2. The summed E-state index contributed by atoms with van der Waals surface area (Å²) in [7, 11) is 3.89. The third kappa shape index (κ3) is 5.20. The summed E-state index contributed by atoms with van der Waals surface area (Å²) < 4.78 is 1.66. The van der Waals surface area contributed by atoms with Crippen molar-refractivity contribution in [3.8, 4) is 0 Å². The molecule has 1 amide bonds. The molecular formula is C19H28N4O. The van der Waals surface area contributed by atoms with Crippen molar-refractivity contribution >= 4 is 5.91 Å². The highest BCUT2D eigenvalue weighted by Gasteiger charge is 2.14. The van der Waals surface area contributed by atoms with Crippen LogP contribution in [0.5, 0.6) is 0 Å². The van der Waals surface area contributed by atoms with Crippen LogP contribution in [0.15, 0.2) is 36.4 Å². The number of hydrogen-bond donors (Lipinski definition) is 1. The number of likely N-dealkylation sites (N-methyl/N-ethyl adjacent to an activating group) is 1. The van der Waals surface area contributed by atoms with E-state index in [1.807, 2.05) is 19.2 Å². The highest BCUT2D eigenvalue weighted by molar-refractivity contribution is 5.92. The average molecular weight is 328 g/mol. The van der Waals surface area contributed by atoms with Crippen LogP contribution < -0.4 is 5.32 Å². The summed E-state index contributed by atoms with van der Waals surface area (Å²) in [5.41, 5.74) is 2.90. The first-order valence-electron chi connectivity index (χ1n) is 8.52. The summed E-state index contributed by atoms with van der Waals surface area (Å²) in [5, 5.41) is 7.36. The highest BCUT2D eigenvalue weighted by Crippen LogP contribution is 2.13. The van der Waals surface area contributed by atoms with Crippen LogP contribution in [0.25, 0.3) is 0 Å². The zero-order chi connectivity index (χ0) is 17.5. The van der Waals surface area contributed by atoms with Crippen molar-refractivity contribution in [3.63, 3.8) is 0 Å². The van der Waals surface area contributed by atoms with Gasteiger partial charge in [0, 0.05) is 26.7 Å². The first-order valence-corrected chi connectivity index (χ1v) is 8.52. The fraction of sp³-hybridized carbons (Fsp3) is 0.474. The van der Waals surface area contributed by atoms with Crippen LogP contribution in [0, 0.1) is 0 Å². The molecule has 0 atom stereocenters. The number of amides is 1. The molecule has 1 N–H and O–H groups in total. The SMILES string of the molecule is CC(C)c1cc(C(=O)NCCN(C)CCc2ccccc2)n(C)n1. The lowest BCUT2D eigenvalue weighted by molar-refractivity contribution is 0.0940. The van der Waals surface area contributed by atoms with E-state index in [9.17, 15) is 4.79 Å². The van der Waals surface area contributed by atoms with Gasteiger partial charge < -0.3 is 10.2 Å².